The van der Waals surface area contributed by atoms with Crippen LogP contribution >= 0.6 is 0 Å². The number of halogens is 6. The van der Waals surface area contributed by atoms with E-state index < -0.39 is 70.2 Å². The summed E-state index contributed by atoms with van der Waals surface area (Å²) < 4.78 is 107. The van der Waals surface area contributed by atoms with Crippen molar-refractivity contribution in [3.63, 3.8) is 0 Å². The van der Waals surface area contributed by atoms with Crippen molar-refractivity contribution in [3.8, 4) is 0 Å². The van der Waals surface area contributed by atoms with Crippen LogP contribution in [0.1, 0.15) is 84.3 Å². The summed E-state index contributed by atoms with van der Waals surface area (Å²) in [6.07, 6.45) is -7.03. The quantitative estimate of drug-likeness (QED) is 0.131. The lowest BCUT2D eigenvalue weighted by Gasteiger charge is -2.62. The number of methoxy groups -OCH3 is 2. The lowest BCUT2D eigenvalue weighted by Crippen LogP contribution is -2.62. The monoisotopic (exact) mass is 756 g/mol. The van der Waals surface area contributed by atoms with Gasteiger partial charge >= 0.3 is 24.3 Å². The molecule has 0 bridgehead atoms. The van der Waals surface area contributed by atoms with E-state index in [4.69, 9.17) is 18.9 Å². The molecule has 2 fully saturated rings. The summed E-state index contributed by atoms with van der Waals surface area (Å²) in [5.74, 6) is -3.59. The molecule has 53 heavy (non-hydrogen) atoms. The molecular formula is C40H50F6O7. The Hall–Kier alpha value is -3.42. The van der Waals surface area contributed by atoms with Crippen molar-refractivity contribution >= 4 is 11.9 Å². The van der Waals surface area contributed by atoms with Gasteiger partial charge in [0.2, 0.25) is 0 Å². The maximum atomic E-state index is 14.6. The van der Waals surface area contributed by atoms with Gasteiger partial charge in [-0.3, -0.25) is 0 Å². The van der Waals surface area contributed by atoms with Crippen LogP contribution in [0.25, 0.3) is 0 Å². The third kappa shape index (κ3) is 7.62. The van der Waals surface area contributed by atoms with Crippen molar-refractivity contribution in [2.45, 2.75) is 108 Å². The van der Waals surface area contributed by atoms with E-state index in [-0.39, 0.29) is 23.8 Å². The van der Waals surface area contributed by atoms with Crippen molar-refractivity contribution in [1.29, 1.82) is 0 Å². The van der Waals surface area contributed by atoms with Gasteiger partial charge in [-0.1, -0.05) is 87.0 Å². The molecule has 7 atom stereocenters. The second-order valence-corrected chi connectivity index (χ2v) is 15.4. The molecule has 0 spiro atoms. The third-order valence-corrected chi connectivity index (χ3v) is 12.0. The summed E-state index contributed by atoms with van der Waals surface area (Å²) in [7, 11) is 1.63. The van der Waals surface area contributed by atoms with Crippen LogP contribution in [-0.4, -0.2) is 61.9 Å². The molecule has 0 radical (unpaired) electrons. The van der Waals surface area contributed by atoms with E-state index in [1.165, 1.54) is 54.6 Å². The molecule has 2 saturated carbocycles. The molecule has 0 unspecified atom stereocenters. The first kappa shape index (κ1) is 42.3. The summed E-state index contributed by atoms with van der Waals surface area (Å²) in [4.78, 5) is 26.5. The Morgan fingerprint density at radius 3 is 1.75 bits per heavy atom. The second kappa shape index (κ2) is 15.4. The van der Waals surface area contributed by atoms with Crippen molar-refractivity contribution in [3.05, 3.63) is 83.4 Å². The Kier molecular flexibility index (Phi) is 12.3. The lowest BCUT2D eigenvalue weighted by atomic mass is 9.44. The summed E-state index contributed by atoms with van der Waals surface area (Å²) in [6.45, 7) is 8.89. The average Bonchev–Trinajstić information content (AvgIpc) is 3.06. The molecule has 2 aromatic rings. The number of carbonyl (C=O) groups excluding carboxylic acids is 2. The molecule has 0 aliphatic heterocycles. The van der Waals surface area contributed by atoms with Gasteiger partial charge in [0.1, 0.15) is 12.7 Å². The molecule has 4 rings (SSSR count). The van der Waals surface area contributed by atoms with Gasteiger partial charge in [0, 0.05) is 30.8 Å². The summed E-state index contributed by atoms with van der Waals surface area (Å²) in [5, 5.41) is 11.7. The molecule has 13 heteroatoms. The Labute approximate surface area is 307 Å². The first-order valence-electron chi connectivity index (χ1n) is 17.7. The van der Waals surface area contributed by atoms with Crippen LogP contribution in [0.4, 0.5) is 26.3 Å². The Balaban J connectivity index is 1.50. The molecule has 2 aromatic carbocycles. The molecule has 2 aliphatic carbocycles. The number of hydrogen-bond donors (Lipinski definition) is 1. The van der Waals surface area contributed by atoms with Crippen molar-refractivity contribution in [1.82, 2.24) is 0 Å². The van der Waals surface area contributed by atoms with Gasteiger partial charge in [-0.15, -0.1) is 0 Å². The minimum Gasteiger partial charge on any atom is -0.459 e. The van der Waals surface area contributed by atoms with Crippen LogP contribution in [0.2, 0.25) is 0 Å². The highest BCUT2D eigenvalue weighted by Crippen LogP contribution is 2.64. The number of allylic oxidation sites excluding steroid dienone is 1. The highest BCUT2D eigenvalue weighted by Gasteiger charge is 2.67. The Bertz CT molecular complexity index is 1610. The predicted octanol–water partition coefficient (Wildman–Crippen LogP) is 8.98. The number of aliphatic hydroxyl groups is 1. The van der Waals surface area contributed by atoms with Crippen LogP contribution in [-0.2, 0) is 39.7 Å². The average molecular weight is 757 g/mol. The van der Waals surface area contributed by atoms with Gasteiger partial charge in [0.05, 0.1) is 5.60 Å². The minimum absolute atomic E-state index is 0.154. The topological polar surface area (TPSA) is 91.3 Å². The van der Waals surface area contributed by atoms with Gasteiger partial charge in [-0.25, -0.2) is 9.59 Å². The summed E-state index contributed by atoms with van der Waals surface area (Å²) in [6, 6.07) is 13.2. The molecule has 294 valence electrons. The van der Waals surface area contributed by atoms with Gasteiger partial charge in [0.25, 0.3) is 11.2 Å². The van der Waals surface area contributed by atoms with Gasteiger partial charge in [-0.2, -0.15) is 26.3 Å². The minimum atomic E-state index is -5.11. The fourth-order valence-corrected chi connectivity index (χ4v) is 9.18. The van der Waals surface area contributed by atoms with Crippen molar-refractivity contribution in [2.24, 2.45) is 22.7 Å². The van der Waals surface area contributed by atoms with Crippen molar-refractivity contribution in [2.75, 3.05) is 20.8 Å². The standard InChI is InChI=1S/C40H50F6O7/c1-26(22-25-52-32(47)37(50-6,39(41,42)43)27-14-10-8-11-15-27)18-19-30-35(4)23-21-31(34(2,3)29(35)20-24-36(30,5)49)53-33(48)38(51-7,40(44,45)46)28-16-12-9-13-17-28/h8-17,22,29-31,49H,18-21,23-25H2,1-7H3/b26-22+/t29-,30+,31-,35-,36-,37-,38-/m0/s1. The zero-order chi connectivity index (χ0) is 39.7. The van der Waals surface area contributed by atoms with Gasteiger partial charge < -0.3 is 24.1 Å². The first-order chi connectivity index (χ1) is 24.6. The highest BCUT2D eigenvalue weighted by molar-refractivity contribution is 5.83. The summed E-state index contributed by atoms with van der Waals surface area (Å²) in [5.41, 5.74) is -9.11. The predicted molar refractivity (Wildman–Crippen MR) is 184 cm³/mol. The molecule has 2 aliphatic rings. The maximum absolute atomic E-state index is 14.6. The van der Waals surface area contributed by atoms with E-state index in [1.807, 2.05) is 13.8 Å². The Morgan fingerprint density at radius 1 is 0.792 bits per heavy atom. The lowest BCUT2D eigenvalue weighted by molar-refractivity contribution is -0.283. The van der Waals surface area contributed by atoms with Crippen LogP contribution in [0.5, 0.6) is 0 Å². The molecule has 0 saturated heterocycles. The maximum Gasteiger partial charge on any atom is 0.432 e. The SMILES string of the molecule is CO[C@](C(=O)OC/C=C(\C)CC[C@@H]1[C@@]2(C)CC[C@H](OC(=O)[C@@](OC)(c3ccccc3)C(F)(F)F)C(C)(C)[C@@H]2CC[C@]1(C)O)(c1ccccc1)C(F)(F)F. The second-order valence-electron chi connectivity index (χ2n) is 15.4. The molecule has 0 aromatic heterocycles. The van der Waals surface area contributed by atoms with E-state index >= 15 is 0 Å². The fourth-order valence-electron chi connectivity index (χ4n) is 9.18. The smallest absolute Gasteiger partial charge is 0.432 e. The van der Waals surface area contributed by atoms with Crippen LogP contribution < -0.4 is 0 Å². The molecule has 7 nitrogen and oxygen atoms in total. The highest BCUT2D eigenvalue weighted by atomic mass is 19.4. The van der Waals surface area contributed by atoms with Gasteiger partial charge in [0.15, 0.2) is 0 Å². The van der Waals surface area contributed by atoms with E-state index in [0.717, 1.165) is 31.9 Å². The number of alkyl halides is 6. The molecule has 1 N–H and O–H groups in total. The number of carbonyl (C=O) groups is 2. The van der Waals surface area contributed by atoms with E-state index in [9.17, 15) is 41.0 Å². The molecular weight excluding hydrogens is 706 g/mol. The number of esters is 2. The van der Waals surface area contributed by atoms with E-state index in [1.54, 1.807) is 13.8 Å². The van der Waals surface area contributed by atoms with E-state index in [2.05, 4.69) is 6.92 Å². The van der Waals surface area contributed by atoms with E-state index in [0.29, 0.717) is 32.1 Å². The third-order valence-electron chi connectivity index (χ3n) is 12.0. The van der Waals surface area contributed by atoms with Gasteiger partial charge in [-0.05, 0) is 75.7 Å². The fraction of sp³-hybridized carbons (Fsp3) is 0.600. The van der Waals surface area contributed by atoms with Crippen molar-refractivity contribution < 1.29 is 60.0 Å². The van der Waals surface area contributed by atoms with Crippen LogP contribution in [0, 0.1) is 22.7 Å². The molecule has 0 amide bonds. The normalized spacial score (nSPS) is 28.6. The largest absolute Gasteiger partial charge is 0.459 e. The number of benzene rings is 2. The van der Waals surface area contributed by atoms with Crippen LogP contribution in [0.15, 0.2) is 72.3 Å². The first-order valence-corrected chi connectivity index (χ1v) is 17.7. The number of rotatable bonds is 12. The number of ether oxygens (including phenoxy) is 4. The Morgan fingerprint density at radius 2 is 1.28 bits per heavy atom. The zero-order valence-electron chi connectivity index (χ0n) is 31.2. The molecule has 0 heterocycles. The zero-order valence-corrected chi connectivity index (χ0v) is 31.2. The number of hydrogen-bond acceptors (Lipinski definition) is 7. The number of fused-ring (bicyclic) bond motifs is 1. The van der Waals surface area contributed by atoms with Crippen LogP contribution in [0.3, 0.4) is 0 Å². The summed E-state index contributed by atoms with van der Waals surface area (Å²) >= 11 is 0.